The topological polar surface area (TPSA) is 29.5 Å². The molecule has 0 radical (unpaired) electrons. The maximum Gasteiger partial charge on any atom is 0.125 e. The molecule has 0 spiro atoms. The smallest absolute Gasteiger partial charge is 0.125 e. The molecule has 0 bridgehead atoms. The van der Waals surface area contributed by atoms with Crippen LogP contribution in [-0.4, -0.2) is 19.9 Å². The molecule has 2 aromatic rings. The first-order chi connectivity index (χ1) is 13.1. The van der Waals surface area contributed by atoms with Crippen molar-refractivity contribution in [1.29, 1.82) is 0 Å². The molecule has 0 saturated heterocycles. The van der Waals surface area contributed by atoms with Gasteiger partial charge in [0.05, 0.1) is 20.8 Å². The third kappa shape index (κ3) is 4.12. The highest BCUT2D eigenvalue weighted by molar-refractivity contribution is 7.84. The second-order valence-corrected chi connectivity index (χ2v) is 11.0. The van der Waals surface area contributed by atoms with Gasteiger partial charge >= 0.3 is 0 Å². The lowest BCUT2D eigenvalue weighted by Crippen LogP contribution is -2.37. The largest absolute Gasteiger partial charge is 0.489 e. The van der Waals surface area contributed by atoms with Crippen LogP contribution in [0.5, 0.6) is 5.75 Å². The molecule has 0 saturated carbocycles. The molecule has 1 aliphatic rings. The van der Waals surface area contributed by atoms with Crippen LogP contribution in [0.2, 0.25) is 15.1 Å². The van der Waals surface area contributed by atoms with Crippen molar-refractivity contribution in [2.24, 2.45) is 0 Å². The Morgan fingerprint density at radius 3 is 2.57 bits per heavy atom. The minimum absolute atomic E-state index is 0.316. The number of hydrogen-bond acceptors (Lipinski definition) is 2. The van der Waals surface area contributed by atoms with Crippen molar-refractivity contribution >= 4 is 45.8 Å². The number of nitrogens with zero attached hydrogens (tertiary/aromatic N) is 1. The summed E-state index contributed by atoms with van der Waals surface area (Å²) in [5, 5.41) is 1.56. The van der Waals surface area contributed by atoms with Gasteiger partial charge in [-0.3, -0.25) is 0 Å². The molecule has 2 atom stereocenters. The van der Waals surface area contributed by atoms with Gasteiger partial charge in [-0.05, 0) is 56.2 Å². The number of ether oxygens (including phenoxy) is 1. The highest BCUT2D eigenvalue weighted by Crippen LogP contribution is 2.48. The summed E-state index contributed by atoms with van der Waals surface area (Å²) in [5.74, 6) is 0.670. The first-order valence-electron chi connectivity index (χ1n) is 8.83. The first-order valence-corrected chi connectivity index (χ1v) is 11.1. The van der Waals surface area contributed by atoms with Crippen molar-refractivity contribution < 1.29 is 8.95 Å². The van der Waals surface area contributed by atoms with Crippen molar-refractivity contribution in [3.8, 4) is 5.75 Å². The normalized spacial score (nSPS) is 18.0. The first kappa shape index (κ1) is 21.7. The second-order valence-electron chi connectivity index (χ2n) is 7.55. The highest BCUT2D eigenvalue weighted by atomic mass is 35.5. The van der Waals surface area contributed by atoms with E-state index < -0.39 is 15.7 Å². The zero-order valence-electron chi connectivity index (χ0n) is 16.0. The fraction of sp³-hybridized carbons (Fsp3) is 0.333. The van der Waals surface area contributed by atoms with Crippen molar-refractivity contribution in [1.82, 2.24) is 4.31 Å². The maximum absolute atomic E-state index is 13.4. The quantitative estimate of drug-likeness (QED) is 0.474. The van der Waals surface area contributed by atoms with Crippen LogP contribution in [0, 0.1) is 0 Å². The molecule has 1 heterocycles. The average Bonchev–Trinajstić information content (AvgIpc) is 3.02. The fourth-order valence-corrected chi connectivity index (χ4v) is 5.23. The van der Waals surface area contributed by atoms with Gasteiger partial charge in [-0.1, -0.05) is 53.5 Å². The standard InChI is InChI=1S/C21H22Cl3NO2S/c1-5-10-27-18-9-6-13(22)11-15(18)20-14-7-8-17(23)19(24)16(14)12-25(20)28(26)21(2,3)4/h5-9,11,20H,1,10,12H2,2-4H3. The van der Waals surface area contributed by atoms with E-state index in [0.29, 0.717) is 34.0 Å². The molecule has 28 heavy (non-hydrogen) atoms. The van der Waals surface area contributed by atoms with Gasteiger partial charge < -0.3 is 4.74 Å². The van der Waals surface area contributed by atoms with Gasteiger partial charge in [0, 0.05) is 17.1 Å². The average molecular weight is 459 g/mol. The zero-order valence-corrected chi connectivity index (χ0v) is 19.1. The second kappa shape index (κ2) is 8.37. The number of halogens is 3. The Morgan fingerprint density at radius 1 is 1.21 bits per heavy atom. The molecule has 2 unspecified atom stereocenters. The summed E-state index contributed by atoms with van der Waals surface area (Å²) in [4.78, 5) is 0. The van der Waals surface area contributed by atoms with Crippen molar-refractivity contribution in [2.75, 3.05) is 6.61 Å². The van der Waals surface area contributed by atoms with Crippen LogP contribution >= 0.6 is 34.8 Å². The highest BCUT2D eigenvalue weighted by Gasteiger charge is 2.41. The third-order valence-corrected chi connectivity index (χ3v) is 7.38. The van der Waals surface area contributed by atoms with Gasteiger partial charge in [0.25, 0.3) is 0 Å². The molecule has 0 fully saturated rings. The van der Waals surface area contributed by atoms with Crippen LogP contribution in [0.1, 0.15) is 43.5 Å². The molecular weight excluding hydrogens is 437 g/mol. The van der Waals surface area contributed by atoms with Gasteiger partial charge in [0.2, 0.25) is 0 Å². The molecule has 150 valence electrons. The molecule has 0 amide bonds. The summed E-state index contributed by atoms with van der Waals surface area (Å²) < 4.78 is 20.8. The molecule has 2 aromatic carbocycles. The van der Waals surface area contributed by atoms with E-state index in [-0.39, 0.29) is 6.04 Å². The molecule has 0 aliphatic carbocycles. The van der Waals surface area contributed by atoms with E-state index in [4.69, 9.17) is 39.5 Å². The minimum atomic E-state index is -1.29. The Bertz CT molecular complexity index is 940. The molecule has 0 N–H and O–H groups in total. The van der Waals surface area contributed by atoms with Gasteiger partial charge in [0.15, 0.2) is 0 Å². The van der Waals surface area contributed by atoms with E-state index in [1.807, 2.05) is 43.3 Å². The third-order valence-electron chi connectivity index (χ3n) is 4.49. The summed E-state index contributed by atoms with van der Waals surface area (Å²) in [6, 6.07) is 8.85. The summed E-state index contributed by atoms with van der Waals surface area (Å²) >= 11 is 19.1. The Morgan fingerprint density at radius 2 is 1.93 bits per heavy atom. The van der Waals surface area contributed by atoms with Crippen molar-refractivity contribution in [3.05, 3.63) is 74.7 Å². The molecule has 3 rings (SSSR count). The number of hydrogen-bond donors (Lipinski definition) is 0. The van der Waals surface area contributed by atoms with Crippen LogP contribution < -0.4 is 4.74 Å². The molecule has 0 aromatic heterocycles. The maximum atomic E-state index is 13.4. The zero-order chi connectivity index (χ0) is 20.6. The lowest BCUT2D eigenvalue weighted by atomic mass is 9.97. The van der Waals surface area contributed by atoms with E-state index in [2.05, 4.69) is 6.58 Å². The van der Waals surface area contributed by atoms with Gasteiger partial charge in [-0.15, -0.1) is 0 Å². The Balaban J connectivity index is 2.21. The van der Waals surface area contributed by atoms with Gasteiger partial charge in [0.1, 0.15) is 23.3 Å². The SMILES string of the molecule is C=CCOc1ccc(Cl)cc1C1c2ccc(Cl)c(Cl)c2CN1S(=O)C(C)(C)C. The van der Waals surface area contributed by atoms with E-state index in [1.54, 1.807) is 18.2 Å². The Labute approximate surface area is 183 Å². The fourth-order valence-electron chi connectivity index (χ4n) is 3.27. The van der Waals surface area contributed by atoms with Gasteiger partial charge in [-0.25, -0.2) is 8.51 Å². The number of fused-ring (bicyclic) bond motifs is 1. The van der Waals surface area contributed by atoms with Crippen molar-refractivity contribution in [2.45, 2.75) is 38.1 Å². The lowest BCUT2D eigenvalue weighted by Gasteiger charge is -2.31. The van der Waals surface area contributed by atoms with E-state index in [1.165, 1.54) is 0 Å². The molecule has 3 nitrogen and oxygen atoms in total. The Hall–Kier alpha value is -1.04. The van der Waals surface area contributed by atoms with Gasteiger partial charge in [-0.2, -0.15) is 0 Å². The summed E-state index contributed by atoms with van der Waals surface area (Å²) in [6.45, 7) is 10.3. The summed E-state index contributed by atoms with van der Waals surface area (Å²) in [6.07, 6.45) is 1.68. The number of benzene rings is 2. The predicted octanol–water partition coefficient (Wildman–Crippen LogP) is 6.58. The molecular formula is C21H22Cl3NO2S. The summed E-state index contributed by atoms with van der Waals surface area (Å²) in [5.41, 5.74) is 2.67. The monoisotopic (exact) mass is 457 g/mol. The van der Waals surface area contributed by atoms with Crippen LogP contribution in [0.4, 0.5) is 0 Å². The van der Waals surface area contributed by atoms with E-state index in [0.717, 1.165) is 16.7 Å². The predicted molar refractivity (Wildman–Crippen MR) is 119 cm³/mol. The van der Waals surface area contributed by atoms with Crippen LogP contribution in [0.3, 0.4) is 0 Å². The Kier molecular flexibility index (Phi) is 6.48. The van der Waals surface area contributed by atoms with Crippen LogP contribution in [0.25, 0.3) is 0 Å². The molecule has 7 heteroatoms. The summed E-state index contributed by atoms with van der Waals surface area (Å²) in [7, 11) is -1.29. The van der Waals surface area contributed by atoms with E-state index >= 15 is 0 Å². The number of rotatable bonds is 5. The lowest BCUT2D eigenvalue weighted by molar-refractivity contribution is 0.342. The molecule has 1 aliphatic heterocycles. The van der Waals surface area contributed by atoms with Crippen LogP contribution in [0.15, 0.2) is 43.0 Å². The minimum Gasteiger partial charge on any atom is -0.489 e. The van der Waals surface area contributed by atoms with Crippen molar-refractivity contribution in [3.63, 3.8) is 0 Å². The van der Waals surface area contributed by atoms with Crippen LogP contribution in [-0.2, 0) is 17.5 Å². The van der Waals surface area contributed by atoms with E-state index in [9.17, 15) is 4.21 Å².